The lowest BCUT2D eigenvalue weighted by molar-refractivity contribution is 0.0696. The molecule has 1 aromatic rings. The molecule has 0 saturated heterocycles. The molecule has 0 aliphatic heterocycles. The van der Waals surface area contributed by atoms with Gasteiger partial charge in [-0.15, -0.1) is 0 Å². The van der Waals surface area contributed by atoms with E-state index in [0.717, 1.165) is 11.6 Å². The molecule has 0 bridgehead atoms. The Morgan fingerprint density at radius 2 is 2.24 bits per heavy atom. The molecule has 1 aromatic carbocycles. The van der Waals surface area contributed by atoms with E-state index in [0.29, 0.717) is 16.1 Å². The van der Waals surface area contributed by atoms with E-state index >= 15 is 0 Å². The Morgan fingerprint density at radius 1 is 1.47 bits per heavy atom. The second-order valence-electron chi connectivity index (χ2n) is 4.76. The smallest absolute Gasteiger partial charge is 0.336 e. The molecule has 92 valence electrons. The number of anilines is 1. The Labute approximate surface area is 109 Å². The fraction of sp³-hybridized carbons (Fsp3) is 0.462. The molecule has 3 nitrogen and oxygen atoms in total. The molecule has 2 atom stereocenters. The molecule has 2 rings (SSSR count). The van der Waals surface area contributed by atoms with Crippen molar-refractivity contribution in [3.8, 4) is 0 Å². The van der Waals surface area contributed by atoms with Crippen molar-refractivity contribution < 1.29 is 9.90 Å². The van der Waals surface area contributed by atoms with Gasteiger partial charge in [-0.2, -0.15) is 0 Å². The third-order valence-electron chi connectivity index (χ3n) is 3.27. The molecule has 1 fully saturated rings. The van der Waals surface area contributed by atoms with Gasteiger partial charge in [-0.1, -0.05) is 6.92 Å². The van der Waals surface area contributed by atoms with Crippen molar-refractivity contribution in [2.45, 2.75) is 32.2 Å². The van der Waals surface area contributed by atoms with Crippen molar-refractivity contribution >= 4 is 27.6 Å². The molecule has 2 N–H and O–H groups in total. The molecule has 0 amide bonds. The minimum atomic E-state index is -0.905. The molecule has 1 aliphatic rings. The summed E-state index contributed by atoms with van der Waals surface area (Å²) in [5, 5.41) is 12.4. The number of hydrogen-bond acceptors (Lipinski definition) is 2. The van der Waals surface area contributed by atoms with Gasteiger partial charge in [0.05, 0.1) is 5.56 Å². The Kier molecular flexibility index (Phi) is 3.72. The Bertz CT molecular complexity index is 433. The van der Waals surface area contributed by atoms with Crippen LogP contribution >= 0.6 is 15.9 Å². The predicted octanol–water partition coefficient (Wildman–Crippen LogP) is 3.75. The van der Waals surface area contributed by atoms with Gasteiger partial charge < -0.3 is 10.4 Å². The molecule has 2 unspecified atom stereocenters. The maximum Gasteiger partial charge on any atom is 0.336 e. The number of carboxylic acids is 1. The van der Waals surface area contributed by atoms with Gasteiger partial charge in [-0.25, -0.2) is 4.79 Å². The third-order valence-corrected chi connectivity index (χ3v) is 3.92. The first-order chi connectivity index (χ1) is 8.06. The van der Waals surface area contributed by atoms with Crippen LogP contribution in [0.15, 0.2) is 22.7 Å². The van der Waals surface area contributed by atoms with Crippen LogP contribution in [0.5, 0.6) is 0 Å². The van der Waals surface area contributed by atoms with Crippen LogP contribution in [0.3, 0.4) is 0 Å². The zero-order chi connectivity index (χ0) is 12.4. The summed E-state index contributed by atoms with van der Waals surface area (Å²) in [6.45, 7) is 2.27. The number of nitrogens with one attached hydrogen (secondary N) is 1. The molecule has 4 heteroatoms. The standard InChI is InChI=1S/C13H16BrNO2/c1-8-2-3-9(6-8)15-10-4-5-11(13(16)17)12(14)7-10/h4-5,7-9,15H,2-3,6H2,1H3,(H,16,17). The van der Waals surface area contributed by atoms with Crippen LogP contribution in [0, 0.1) is 5.92 Å². The Balaban J connectivity index is 2.07. The summed E-state index contributed by atoms with van der Waals surface area (Å²) in [6.07, 6.45) is 3.66. The molecule has 0 heterocycles. The van der Waals surface area contributed by atoms with E-state index in [1.165, 1.54) is 19.3 Å². The van der Waals surface area contributed by atoms with E-state index in [4.69, 9.17) is 5.11 Å². The lowest BCUT2D eigenvalue weighted by Gasteiger charge is -2.14. The van der Waals surface area contributed by atoms with Gasteiger partial charge in [0.1, 0.15) is 0 Å². The van der Waals surface area contributed by atoms with E-state index < -0.39 is 5.97 Å². The van der Waals surface area contributed by atoms with E-state index in [9.17, 15) is 4.79 Å². The van der Waals surface area contributed by atoms with Gasteiger partial charge >= 0.3 is 5.97 Å². The molecular weight excluding hydrogens is 282 g/mol. The highest BCUT2D eigenvalue weighted by Gasteiger charge is 2.21. The first kappa shape index (κ1) is 12.4. The summed E-state index contributed by atoms with van der Waals surface area (Å²) in [5.41, 5.74) is 1.29. The number of carbonyl (C=O) groups is 1. The minimum absolute atomic E-state index is 0.301. The van der Waals surface area contributed by atoms with Crippen LogP contribution in [0.25, 0.3) is 0 Å². The van der Waals surface area contributed by atoms with E-state index in [1.807, 2.05) is 12.1 Å². The van der Waals surface area contributed by atoms with Gasteiger partial charge in [0, 0.05) is 16.2 Å². The summed E-state index contributed by atoms with van der Waals surface area (Å²) in [7, 11) is 0. The fourth-order valence-electron chi connectivity index (χ4n) is 2.35. The number of hydrogen-bond donors (Lipinski definition) is 2. The van der Waals surface area contributed by atoms with E-state index in [2.05, 4.69) is 28.2 Å². The van der Waals surface area contributed by atoms with E-state index in [1.54, 1.807) is 6.07 Å². The second-order valence-corrected chi connectivity index (χ2v) is 5.61. The van der Waals surface area contributed by atoms with Crippen molar-refractivity contribution in [3.05, 3.63) is 28.2 Å². The molecule has 0 aromatic heterocycles. The highest BCUT2D eigenvalue weighted by molar-refractivity contribution is 9.10. The van der Waals surface area contributed by atoms with Crippen LogP contribution in [-0.2, 0) is 0 Å². The molecular formula is C13H16BrNO2. The van der Waals surface area contributed by atoms with Crippen LogP contribution in [0.1, 0.15) is 36.5 Å². The Morgan fingerprint density at radius 3 is 2.76 bits per heavy atom. The van der Waals surface area contributed by atoms with Gasteiger partial charge in [-0.05, 0) is 59.3 Å². The highest BCUT2D eigenvalue weighted by Crippen LogP contribution is 2.29. The maximum atomic E-state index is 10.9. The van der Waals surface area contributed by atoms with Crippen molar-refractivity contribution in [2.24, 2.45) is 5.92 Å². The summed E-state index contributed by atoms with van der Waals surface area (Å²) < 4.78 is 0.626. The minimum Gasteiger partial charge on any atom is -0.478 e. The number of rotatable bonds is 3. The van der Waals surface area contributed by atoms with Crippen molar-refractivity contribution in [2.75, 3.05) is 5.32 Å². The third kappa shape index (κ3) is 3.00. The maximum absolute atomic E-state index is 10.9. The van der Waals surface area contributed by atoms with Crippen LogP contribution in [0.2, 0.25) is 0 Å². The number of halogens is 1. The fourth-order valence-corrected chi connectivity index (χ4v) is 2.90. The van der Waals surface area contributed by atoms with Gasteiger partial charge in [0.2, 0.25) is 0 Å². The zero-order valence-electron chi connectivity index (χ0n) is 9.74. The number of carboxylic acid groups (broad SMARTS) is 1. The number of benzene rings is 1. The topological polar surface area (TPSA) is 49.3 Å². The lowest BCUT2D eigenvalue weighted by Crippen LogP contribution is -2.15. The zero-order valence-corrected chi connectivity index (χ0v) is 11.3. The SMILES string of the molecule is CC1CCC(Nc2ccc(C(=O)O)c(Br)c2)C1. The highest BCUT2D eigenvalue weighted by atomic mass is 79.9. The first-order valence-corrected chi connectivity index (χ1v) is 6.65. The van der Waals surface area contributed by atoms with Crippen LogP contribution in [0.4, 0.5) is 5.69 Å². The summed E-state index contributed by atoms with van der Waals surface area (Å²) in [6, 6.07) is 5.82. The van der Waals surface area contributed by atoms with Crippen molar-refractivity contribution in [3.63, 3.8) is 0 Å². The summed E-state index contributed by atoms with van der Waals surface area (Å²) >= 11 is 3.29. The summed E-state index contributed by atoms with van der Waals surface area (Å²) in [4.78, 5) is 10.9. The molecule has 0 spiro atoms. The average molecular weight is 298 g/mol. The molecule has 1 saturated carbocycles. The molecule has 1 aliphatic carbocycles. The molecule has 17 heavy (non-hydrogen) atoms. The van der Waals surface area contributed by atoms with Gasteiger partial charge in [0.25, 0.3) is 0 Å². The monoisotopic (exact) mass is 297 g/mol. The van der Waals surface area contributed by atoms with Crippen molar-refractivity contribution in [1.82, 2.24) is 0 Å². The quantitative estimate of drug-likeness (QED) is 0.893. The van der Waals surface area contributed by atoms with Crippen molar-refractivity contribution in [1.29, 1.82) is 0 Å². The van der Waals surface area contributed by atoms with Crippen LogP contribution < -0.4 is 5.32 Å². The second kappa shape index (κ2) is 5.08. The van der Waals surface area contributed by atoms with E-state index in [-0.39, 0.29) is 0 Å². The predicted molar refractivity (Wildman–Crippen MR) is 71.5 cm³/mol. The first-order valence-electron chi connectivity index (χ1n) is 5.85. The van der Waals surface area contributed by atoms with Gasteiger partial charge in [-0.3, -0.25) is 0 Å². The van der Waals surface area contributed by atoms with Crippen LogP contribution in [-0.4, -0.2) is 17.1 Å². The Hall–Kier alpha value is -1.03. The van der Waals surface area contributed by atoms with Gasteiger partial charge in [0.15, 0.2) is 0 Å². The lowest BCUT2D eigenvalue weighted by atomic mass is 10.1. The normalized spacial score (nSPS) is 23.6. The molecule has 0 radical (unpaired) electrons. The average Bonchev–Trinajstić information content (AvgIpc) is 2.63. The number of aromatic carboxylic acids is 1. The largest absolute Gasteiger partial charge is 0.478 e. The summed E-state index contributed by atoms with van der Waals surface area (Å²) in [5.74, 6) is -0.118.